The van der Waals surface area contributed by atoms with E-state index in [-0.39, 0.29) is 16.7 Å². The minimum atomic E-state index is -0.349. The lowest BCUT2D eigenvalue weighted by Gasteiger charge is -2.37. The molecule has 1 aliphatic heterocycles. The first kappa shape index (κ1) is 16.8. The fraction of sp³-hybridized carbons (Fsp3) is 0.167. The van der Waals surface area contributed by atoms with Gasteiger partial charge in [-0.05, 0) is 46.7 Å². The van der Waals surface area contributed by atoms with Crippen molar-refractivity contribution in [2.45, 2.75) is 18.4 Å². The molecule has 3 aromatic carbocycles. The summed E-state index contributed by atoms with van der Waals surface area (Å²) in [5.41, 5.74) is 6.17. The Bertz CT molecular complexity index is 1060. The second-order valence-corrected chi connectivity index (χ2v) is 7.49. The molecule has 2 aliphatic rings. The minimum absolute atomic E-state index is 0.133. The van der Waals surface area contributed by atoms with Gasteiger partial charge >= 0.3 is 0 Å². The summed E-state index contributed by atoms with van der Waals surface area (Å²) in [7, 11) is 0. The standard InChI is InChI=1S/C24H20N2O2/c27-26(28)19-12-9-17(10-13-19)24-21-8-4-7-20(21)22-15-18(11-14-23(22)25-24)16-5-2-1-3-6-16/h1-7,9-15,20-21,24-25H,8H2/t20-,21+,24-/m0/s1. The van der Waals surface area contributed by atoms with Crippen LogP contribution in [0, 0.1) is 16.0 Å². The molecular weight excluding hydrogens is 348 g/mol. The molecule has 0 aromatic heterocycles. The number of hydrogen-bond acceptors (Lipinski definition) is 3. The number of fused-ring (bicyclic) bond motifs is 3. The Morgan fingerprint density at radius 1 is 0.929 bits per heavy atom. The highest BCUT2D eigenvalue weighted by Crippen LogP contribution is 2.50. The fourth-order valence-electron chi connectivity index (χ4n) is 4.54. The molecule has 0 bridgehead atoms. The summed E-state index contributed by atoms with van der Waals surface area (Å²) in [4.78, 5) is 10.6. The molecule has 4 heteroatoms. The van der Waals surface area contributed by atoms with Gasteiger partial charge in [-0.2, -0.15) is 0 Å². The molecule has 1 aliphatic carbocycles. The maximum absolute atomic E-state index is 11.0. The van der Waals surface area contributed by atoms with Gasteiger partial charge < -0.3 is 5.32 Å². The van der Waals surface area contributed by atoms with Crippen molar-refractivity contribution in [3.63, 3.8) is 0 Å². The molecule has 0 unspecified atom stereocenters. The highest BCUT2D eigenvalue weighted by atomic mass is 16.6. The zero-order valence-electron chi connectivity index (χ0n) is 15.3. The van der Waals surface area contributed by atoms with Crippen LogP contribution in [0.4, 0.5) is 11.4 Å². The van der Waals surface area contributed by atoms with Crippen LogP contribution in [0.1, 0.15) is 29.5 Å². The first-order valence-corrected chi connectivity index (χ1v) is 9.57. The molecule has 3 atom stereocenters. The van der Waals surface area contributed by atoms with Gasteiger partial charge in [0.1, 0.15) is 0 Å². The van der Waals surface area contributed by atoms with E-state index in [0.717, 1.165) is 17.7 Å². The van der Waals surface area contributed by atoms with Gasteiger partial charge in [-0.3, -0.25) is 10.1 Å². The van der Waals surface area contributed by atoms with Crippen LogP contribution < -0.4 is 5.32 Å². The summed E-state index contributed by atoms with van der Waals surface area (Å²) < 4.78 is 0. The van der Waals surface area contributed by atoms with Crippen molar-refractivity contribution in [3.8, 4) is 11.1 Å². The van der Waals surface area contributed by atoms with Crippen molar-refractivity contribution in [2.75, 3.05) is 5.32 Å². The van der Waals surface area contributed by atoms with E-state index in [2.05, 4.69) is 59.9 Å². The maximum Gasteiger partial charge on any atom is 0.269 e. The second kappa shape index (κ2) is 6.64. The third-order valence-corrected chi connectivity index (χ3v) is 5.93. The van der Waals surface area contributed by atoms with Crippen molar-refractivity contribution in [1.29, 1.82) is 0 Å². The van der Waals surface area contributed by atoms with Gasteiger partial charge in [-0.25, -0.2) is 0 Å². The summed E-state index contributed by atoms with van der Waals surface area (Å²) in [6, 6.07) is 24.2. The predicted molar refractivity (Wildman–Crippen MR) is 111 cm³/mol. The average Bonchev–Trinajstić information content (AvgIpc) is 3.24. The lowest BCUT2D eigenvalue weighted by atomic mass is 9.76. The fourth-order valence-corrected chi connectivity index (χ4v) is 4.54. The topological polar surface area (TPSA) is 55.2 Å². The van der Waals surface area contributed by atoms with E-state index in [0.29, 0.717) is 11.8 Å². The van der Waals surface area contributed by atoms with Gasteiger partial charge in [-0.1, -0.05) is 60.7 Å². The highest BCUT2D eigenvalue weighted by Gasteiger charge is 2.38. The largest absolute Gasteiger partial charge is 0.378 e. The number of benzene rings is 3. The van der Waals surface area contributed by atoms with E-state index in [1.54, 1.807) is 12.1 Å². The first-order chi connectivity index (χ1) is 13.7. The summed E-state index contributed by atoms with van der Waals surface area (Å²) in [5, 5.41) is 14.7. The zero-order chi connectivity index (χ0) is 19.1. The number of anilines is 1. The van der Waals surface area contributed by atoms with Gasteiger partial charge in [0, 0.05) is 23.7 Å². The Hall–Kier alpha value is -3.40. The molecule has 0 saturated carbocycles. The Morgan fingerprint density at radius 3 is 2.46 bits per heavy atom. The Kier molecular flexibility index (Phi) is 3.97. The first-order valence-electron chi connectivity index (χ1n) is 9.57. The third kappa shape index (κ3) is 2.78. The van der Waals surface area contributed by atoms with Crippen molar-refractivity contribution in [1.82, 2.24) is 0 Å². The zero-order valence-corrected chi connectivity index (χ0v) is 15.3. The quantitative estimate of drug-likeness (QED) is 0.346. The van der Waals surface area contributed by atoms with Gasteiger partial charge in [-0.15, -0.1) is 0 Å². The van der Waals surface area contributed by atoms with E-state index in [9.17, 15) is 10.1 Å². The van der Waals surface area contributed by atoms with Crippen LogP contribution in [0.25, 0.3) is 11.1 Å². The van der Waals surface area contributed by atoms with Crippen LogP contribution in [0.3, 0.4) is 0 Å². The van der Waals surface area contributed by atoms with Crippen LogP contribution in [0.15, 0.2) is 84.9 Å². The van der Waals surface area contributed by atoms with Crippen LogP contribution in [-0.4, -0.2) is 4.92 Å². The SMILES string of the molecule is O=[N+]([O-])c1ccc([C@@H]2Nc3ccc(-c4ccccc4)cc3[C@H]3C=CC[C@H]32)cc1. The molecule has 4 nitrogen and oxygen atoms in total. The monoisotopic (exact) mass is 368 g/mol. The maximum atomic E-state index is 11.0. The number of hydrogen-bond donors (Lipinski definition) is 1. The number of nitrogens with zero attached hydrogens (tertiary/aromatic N) is 1. The van der Waals surface area contributed by atoms with Crippen molar-refractivity contribution < 1.29 is 4.92 Å². The second-order valence-electron chi connectivity index (χ2n) is 7.49. The van der Waals surface area contributed by atoms with Gasteiger partial charge in [0.15, 0.2) is 0 Å². The van der Waals surface area contributed by atoms with E-state index in [1.807, 2.05) is 18.2 Å². The normalized spacial score (nSPS) is 22.2. The molecule has 0 spiro atoms. The number of allylic oxidation sites excluding steroid dienone is 2. The summed E-state index contributed by atoms with van der Waals surface area (Å²) in [6.07, 6.45) is 5.59. The van der Waals surface area contributed by atoms with E-state index in [4.69, 9.17) is 0 Å². The summed E-state index contributed by atoms with van der Waals surface area (Å²) in [5.74, 6) is 0.778. The molecule has 3 aromatic rings. The lowest BCUT2D eigenvalue weighted by molar-refractivity contribution is -0.384. The molecule has 28 heavy (non-hydrogen) atoms. The number of nitrogens with one attached hydrogen (secondary N) is 1. The smallest absolute Gasteiger partial charge is 0.269 e. The molecule has 5 rings (SSSR count). The van der Waals surface area contributed by atoms with Crippen LogP contribution in [0.5, 0.6) is 0 Å². The number of nitro benzene ring substituents is 1. The summed E-state index contributed by atoms with van der Waals surface area (Å²) >= 11 is 0. The molecule has 1 heterocycles. The highest BCUT2D eigenvalue weighted by molar-refractivity contribution is 5.71. The van der Waals surface area contributed by atoms with Crippen molar-refractivity contribution in [2.24, 2.45) is 5.92 Å². The van der Waals surface area contributed by atoms with Gasteiger partial charge in [0.25, 0.3) is 5.69 Å². The average molecular weight is 368 g/mol. The van der Waals surface area contributed by atoms with E-state index >= 15 is 0 Å². The third-order valence-electron chi connectivity index (χ3n) is 5.93. The molecule has 138 valence electrons. The molecule has 0 saturated heterocycles. The van der Waals surface area contributed by atoms with Crippen LogP contribution >= 0.6 is 0 Å². The lowest BCUT2D eigenvalue weighted by Crippen LogP contribution is -2.29. The van der Waals surface area contributed by atoms with Gasteiger partial charge in [0.2, 0.25) is 0 Å². The van der Waals surface area contributed by atoms with E-state index in [1.165, 1.54) is 16.7 Å². The Labute approximate surface area is 163 Å². The Morgan fingerprint density at radius 2 is 1.71 bits per heavy atom. The molecule has 0 radical (unpaired) electrons. The van der Waals surface area contributed by atoms with E-state index < -0.39 is 0 Å². The Balaban J connectivity index is 1.52. The van der Waals surface area contributed by atoms with Crippen LogP contribution in [0.2, 0.25) is 0 Å². The van der Waals surface area contributed by atoms with Crippen LogP contribution in [-0.2, 0) is 0 Å². The number of non-ortho nitro benzene ring substituents is 1. The molecular formula is C24H20N2O2. The summed E-state index contributed by atoms with van der Waals surface area (Å²) in [6.45, 7) is 0. The van der Waals surface area contributed by atoms with Gasteiger partial charge in [0.05, 0.1) is 11.0 Å². The molecule has 0 fully saturated rings. The predicted octanol–water partition coefficient (Wildman–Crippen LogP) is 6.09. The minimum Gasteiger partial charge on any atom is -0.378 e. The van der Waals surface area contributed by atoms with Crippen molar-refractivity contribution >= 4 is 11.4 Å². The molecule has 0 amide bonds. The number of nitro groups is 1. The molecule has 1 N–H and O–H groups in total. The van der Waals surface area contributed by atoms with Crippen molar-refractivity contribution in [3.05, 3.63) is 106 Å². The number of rotatable bonds is 3.